The Morgan fingerprint density at radius 3 is 2.72 bits per heavy atom. The van der Waals surface area contributed by atoms with Gasteiger partial charge in [-0.15, -0.1) is 5.10 Å². The molecular weight excluding hydrogens is 370 g/mol. The summed E-state index contributed by atoms with van der Waals surface area (Å²) in [5, 5.41) is 11.3. The van der Waals surface area contributed by atoms with E-state index >= 15 is 0 Å². The predicted molar refractivity (Wildman–Crippen MR) is 108 cm³/mol. The monoisotopic (exact) mass is 389 g/mol. The number of para-hydroxylation sites is 1. The number of anilines is 2. The maximum atomic E-state index is 13.1. The van der Waals surface area contributed by atoms with Crippen LogP contribution in [-0.2, 0) is 0 Å². The van der Waals surface area contributed by atoms with Crippen molar-refractivity contribution in [3.8, 4) is 11.7 Å². The first-order valence-electron chi connectivity index (χ1n) is 9.61. The SMILES string of the molecule is O=C(Nc1nnc(-c2ccco2)o1)c1cc(N2CCCCC2)nc2ccccc12. The quantitative estimate of drug-likeness (QED) is 0.561. The first-order chi connectivity index (χ1) is 14.3. The van der Waals surface area contributed by atoms with Crippen molar-refractivity contribution in [1.82, 2.24) is 15.2 Å². The second kappa shape index (κ2) is 7.38. The topological polar surface area (TPSA) is 97.3 Å². The average Bonchev–Trinajstić information content (AvgIpc) is 3.45. The molecule has 0 aliphatic carbocycles. The highest BCUT2D eigenvalue weighted by atomic mass is 16.4. The number of benzene rings is 1. The molecule has 4 aromatic rings. The third-order valence-corrected chi connectivity index (χ3v) is 5.00. The van der Waals surface area contributed by atoms with E-state index in [9.17, 15) is 4.79 Å². The van der Waals surface area contributed by atoms with Crippen LogP contribution in [0.2, 0.25) is 0 Å². The molecule has 1 aromatic carbocycles. The van der Waals surface area contributed by atoms with Crippen LogP contribution in [0.25, 0.3) is 22.6 Å². The Hall–Kier alpha value is -3.68. The van der Waals surface area contributed by atoms with E-state index in [0.29, 0.717) is 11.3 Å². The van der Waals surface area contributed by atoms with Gasteiger partial charge in [0, 0.05) is 18.5 Å². The fourth-order valence-electron chi connectivity index (χ4n) is 3.57. The van der Waals surface area contributed by atoms with E-state index in [4.69, 9.17) is 13.8 Å². The highest BCUT2D eigenvalue weighted by molar-refractivity contribution is 6.12. The zero-order chi connectivity index (χ0) is 19.6. The van der Waals surface area contributed by atoms with E-state index in [-0.39, 0.29) is 17.8 Å². The lowest BCUT2D eigenvalue weighted by Gasteiger charge is -2.28. The number of pyridine rings is 1. The molecule has 29 heavy (non-hydrogen) atoms. The highest BCUT2D eigenvalue weighted by Crippen LogP contribution is 2.26. The molecule has 1 amide bonds. The number of carbonyl (C=O) groups excluding carboxylic acids is 1. The molecule has 4 heterocycles. The average molecular weight is 389 g/mol. The van der Waals surface area contributed by atoms with Crippen LogP contribution in [0, 0.1) is 0 Å². The van der Waals surface area contributed by atoms with Gasteiger partial charge in [-0.2, -0.15) is 0 Å². The number of hydrogen-bond donors (Lipinski definition) is 1. The van der Waals surface area contributed by atoms with Crippen molar-refractivity contribution in [3.05, 3.63) is 54.3 Å². The molecule has 0 atom stereocenters. The zero-order valence-corrected chi connectivity index (χ0v) is 15.7. The molecule has 0 spiro atoms. The van der Waals surface area contributed by atoms with Crippen molar-refractivity contribution in [2.75, 3.05) is 23.3 Å². The molecule has 1 aliphatic rings. The molecule has 146 valence electrons. The van der Waals surface area contributed by atoms with Crippen LogP contribution in [0.15, 0.2) is 57.6 Å². The van der Waals surface area contributed by atoms with Crippen LogP contribution < -0.4 is 10.2 Å². The van der Waals surface area contributed by atoms with Gasteiger partial charge in [-0.05, 0) is 43.5 Å². The van der Waals surface area contributed by atoms with Gasteiger partial charge in [-0.25, -0.2) is 4.98 Å². The minimum atomic E-state index is -0.323. The number of amides is 1. The maximum absolute atomic E-state index is 13.1. The van der Waals surface area contributed by atoms with Crippen molar-refractivity contribution in [2.24, 2.45) is 0 Å². The summed E-state index contributed by atoms with van der Waals surface area (Å²) >= 11 is 0. The molecule has 1 N–H and O–H groups in total. The summed E-state index contributed by atoms with van der Waals surface area (Å²) in [5.74, 6) is 1.14. The van der Waals surface area contributed by atoms with E-state index in [1.54, 1.807) is 12.1 Å². The van der Waals surface area contributed by atoms with Crippen LogP contribution in [0.1, 0.15) is 29.6 Å². The fourth-order valence-corrected chi connectivity index (χ4v) is 3.57. The molecule has 1 saturated heterocycles. The van der Waals surface area contributed by atoms with Crippen molar-refractivity contribution >= 4 is 28.6 Å². The Bertz CT molecular complexity index is 1150. The Kier molecular flexibility index (Phi) is 4.44. The lowest BCUT2D eigenvalue weighted by Crippen LogP contribution is -2.30. The normalized spacial score (nSPS) is 14.3. The van der Waals surface area contributed by atoms with E-state index in [1.165, 1.54) is 12.7 Å². The largest absolute Gasteiger partial charge is 0.459 e. The van der Waals surface area contributed by atoms with Crippen LogP contribution in [-0.4, -0.2) is 34.2 Å². The minimum absolute atomic E-state index is 0.0156. The number of hydrogen-bond acceptors (Lipinski definition) is 7. The lowest BCUT2D eigenvalue weighted by atomic mass is 10.1. The van der Waals surface area contributed by atoms with Gasteiger partial charge in [-0.1, -0.05) is 23.3 Å². The summed E-state index contributed by atoms with van der Waals surface area (Å²) in [4.78, 5) is 20.0. The number of nitrogens with one attached hydrogen (secondary N) is 1. The van der Waals surface area contributed by atoms with Crippen molar-refractivity contribution in [1.29, 1.82) is 0 Å². The molecule has 5 rings (SSSR count). The van der Waals surface area contributed by atoms with E-state index < -0.39 is 0 Å². The molecule has 0 unspecified atom stereocenters. The molecular formula is C21H19N5O3. The third-order valence-electron chi connectivity index (χ3n) is 5.00. The molecule has 3 aromatic heterocycles. The molecule has 1 aliphatic heterocycles. The Morgan fingerprint density at radius 1 is 1.03 bits per heavy atom. The number of rotatable bonds is 4. The molecule has 0 bridgehead atoms. The van der Waals surface area contributed by atoms with Crippen molar-refractivity contribution < 1.29 is 13.6 Å². The Balaban J connectivity index is 1.47. The lowest BCUT2D eigenvalue weighted by molar-refractivity contribution is 0.102. The second-order valence-electron chi connectivity index (χ2n) is 6.94. The number of carbonyl (C=O) groups is 1. The summed E-state index contributed by atoms with van der Waals surface area (Å²) in [5.41, 5.74) is 1.30. The van der Waals surface area contributed by atoms with Crippen LogP contribution >= 0.6 is 0 Å². The van der Waals surface area contributed by atoms with Crippen LogP contribution in [0.4, 0.5) is 11.8 Å². The summed E-state index contributed by atoms with van der Waals surface area (Å²) in [6.07, 6.45) is 5.01. The van der Waals surface area contributed by atoms with Gasteiger partial charge in [0.25, 0.3) is 11.8 Å². The number of aromatic nitrogens is 3. The standard InChI is InChI=1S/C21H19N5O3/c27-19(23-21-25-24-20(29-21)17-9-6-12-28-17)15-13-18(26-10-4-1-5-11-26)22-16-8-3-2-7-14(15)16/h2-3,6-9,12-13H,1,4-5,10-11H2,(H,23,25,27). The van der Waals surface area contributed by atoms with Crippen LogP contribution in [0.5, 0.6) is 0 Å². The molecule has 1 fully saturated rings. The highest BCUT2D eigenvalue weighted by Gasteiger charge is 2.20. The van der Waals surface area contributed by atoms with E-state index in [0.717, 1.165) is 42.7 Å². The zero-order valence-electron chi connectivity index (χ0n) is 15.7. The molecule has 0 radical (unpaired) electrons. The Labute approximate surface area is 166 Å². The van der Waals surface area contributed by atoms with Gasteiger partial charge < -0.3 is 13.7 Å². The fraction of sp³-hybridized carbons (Fsp3) is 0.238. The van der Waals surface area contributed by atoms with Gasteiger partial charge in [0.05, 0.1) is 17.3 Å². The van der Waals surface area contributed by atoms with Crippen LogP contribution in [0.3, 0.4) is 0 Å². The van der Waals surface area contributed by atoms with Gasteiger partial charge in [0.15, 0.2) is 5.76 Å². The first kappa shape index (κ1) is 17.4. The Morgan fingerprint density at radius 2 is 1.90 bits per heavy atom. The molecule has 8 heteroatoms. The number of furan rings is 1. The number of nitrogens with zero attached hydrogens (tertiary/aromatic N) is 4. The predicted octanol–water partition coefficient (Wildman–Crippen LogP) is 4.12. The number of fused-ring (bicyclic) bond motifs is 1. The van der Waals surface area contributed by atoms with E-state index in [2.05, 4.69) is 20.4 Å². The molecule has 0 saturated carbocycles. The number of piperidine rings is 1. The van der Waals surface area contributed by atoms with Gasteiger partial charge in [-0.3, -0.25) is 10.1 Å². The molecule has 8 nitrogen and oxygen atoms in total. The van der Waals surface area contributed by atoms with Gasteiger partial charge in [0.1, 0.15) is 5.82 Å². The van der Waals surface area contributed by atoms with Crippen molar-refractivity contribution in [2.45, 2.75) is 19.3 Å². The van der Waals surface area contributed by atoms with Gasteiger partial charge >= 0.3 is 6.01 Å². The summed E-state index contributed by atoms with van der Waals surface area (Å²) in [6, 6.07) is 12.9. The van der Waals surface area contributed by atoms with Crippen molar-refractivity contribution in [3.63, 3.8) is 0 Å². The third kappa shape index (κ3) is 3.44. The smallest absolute Gasteiger partial charge is 0.322 e. The van der Waals surface area contributed by atoms with Gasteiger partial charge in [0.2, 0.25) is 0 Å². The second-order valence-corrected chi connectivity index (χ2v) is 6.94. The maximum Gasteiger partial charge on any atom is 0.322 e. The first-order valence-corrected chi connectivity index (χ1v) is 9.61. The summed E-state index contributed by atoms with van der Waals surface area (Å²) in [7, 11) is 0. The minimum Gasteiger partial charge on any atom is -0.459 e. The summed E-state index contributed by atoms with van der Waals surface area (Å²) < 4.78 is 10.7. The van der Waals surface area contributed by atoms with E-state index in [1.807, 2.05) is 30.3 Å². The summed E-state index contributed by atoms with van der Waals surface area (Å²) in [6.45, 7) is 1.89.